The molecule has 0 aliphatic heterocycles. The summed E-state index contributed by atoms with van der Waals surface area (Å²) in [4.78, 5) is 11.6. The average Bonchev–Trinajstić information content (AvgIpc) is 2.33. The quantitative estimate of drug-likeness (QED) is 0.898. The van der Waals surface area contributed by atoms with Crippen molar-refractivity contribution in [1.82, 2.24) is 10.6 Å². The molecule has 2 N–H and O–H groups in total. The standard InChI is InChI=1S/C16H22F2N2O2/c1-16(2,3)22-15(21)20-12-7-11(8-12)19-9-10-4-5-13(17)14(18)6-10/h4-6,11-12,19H,7-9H2,1-3H3,(H,20,21). The number of nitrogens with one attached hydrogen (secondary N) is 2. The number of alkyl carbamates (subject to hydrolysis) is 1. The SMILES string of the molecule is CC(C)(C)OC(=O)NC1CC(NCc2ccc(F)c(F)c2)C1. The number of amides is 1. The number of benzene rings is 1. The van der Waals surface area contributed by atoms with Crippen LogP contribution in [0.2, 0.25) is 0 Å². The summed E-state index contributed by atoms with van der Waals surface area (Å²) < 4.78 is 31.1. The van der Waals surface area contributed by atoms with Crippen LogP contribution >= 0.6 is 0 Å². The molecule has 22 heavy (non-hydrogen) atoms. The van der Waals surface area contributed by atoms with Crippen molar-refractivity contribution < 1.29 is 18.3 Å². The van der Waals surface area contributed by atoms with Crippen molar-refractivity contribution in [1.29, 1.82) is 0 Å². The van der Waals surface area contributed by atoms with Crippen LogP contribution in [0.15, 0.2) is 18.2 Å². The number of carbonyl (C=O) groups is 1. The van der Waals surface area contributed by atoms with E-state index in [4.69, 9.17) is 4.74 Å². The van der Waals surface area contributed by atoms with Gasteiger partial charge in [0.25, 0.3) is 0 Å². The average molecular weight is 312 g/mol. The van der Waals surface area contributed by atoms with Gasteiger partial charge in [0, 0.05) is 18.6 Å². The second kappa shape index (κ2) is 6.60. The van der Waals surface area contributed by atoms with Crippen LogP contribution in [0.25, 0.3) is 0 Å². The zero-order valence-electron chi connectivity index (χ0n) is 13.1. The second-order valence-electron chi connectivity index (χ2n) is 6.64. The fourth-order valence-corrected chi connectivity index (χ4v) is 2.29. The molecule has 0 radical (unpaired) electrons. The van der Waals surface area contributed by atoms with Crippen LogP contribution in [0.4, 0.5) is 13.6 Å². The Morgan fingerprint density at radius 3 is 2.50 bits per heavy atom. The van der Waals surface area contributed by atoms with E-state index in [0.717, 1.165) is 18.9 Å². The van der Waals surface area contributed by atoms with Gasteiger partial charge in [-0.05, 0) is 51.3 Å². The van der Waals surface area contributed by atoms with Gasteiger partial charge in [-0.3, -0.25) is 0 Å². The summed E-state index contributed by atoms with van der Waals surface area (Å²) in [5, 5.41) is 6.06. The topological polar surface area (TPSA) is 50.4 Å². The molecule has 1 aliphatic rings. The lowest BCUT2D eigenvalue weighted by Crippen LogP contribution is -2.52. The molecule has 2 rings (SSSR count). The number of halogens is 2. The molecule has 1 amide bonds. The molecule has 0 bridgehead atoms. The van der Waals surface area contributed by atoms with Crippen molar-refractivity contribution in [2.45, 2.75) is 57.8 Å². The van der Waals surface area contributed by atoms with E-state index in [1.807, 2.05) is 20.8 Å². The van der Waals surface area contributed by atoms with E-state index < -0.39 is 23.3 Å². The van der Waals surface area contributed by atoms with E-state index in [-0.39, 0.29) is 12.1 Å². The van der Waals surface area contributed by atoms with Gasteiger partial charge in [0.05, 0.1) is 0 Å². The van der Waals surface area contributed by atoms with Gasteiger partial charge in [-0.25, -0.2) is 13.6 Å². The van der Waals surface area contributed by atoms with Gasteiger partial charge < -0.3 is 15.4 Å². The molecule has 6 heteroatoms. The van der Waals surface area contributed by atoms with Gasteiger partial charge in [-0.2, -0.15) is 0 Å². The van der Waals surface area contributed by atoms with Crippen LogP contribution in [-0.2, 0) is 11.3 Å². The van der Waals surface area contributed by atoms with Crippen molar-refractivity contribution in [3.05, 3.63) is 35.4 Å². The largest absolute Gasteiger partial charge is 0.444 e. The molecule has 0 aromatic heterocycles. The van der Waals surface area contributed by atoms with E-state index in [2.05, 4.69) is 10.6 Å². The molecule has 0 heterocycles. The minimum atomic E-state index is -0.839. The number of hydrogen-bond acceptors (Lipinski definition) is 3. The summed E-state index contributed by atoms with van der Waals surface area (Å²) in [5.41, 5.74) is 0.195. The predicted molar refractivity (Wildman–Crippen MR) is 79.4 cm³/mol. The fourth-order valence-electron chi connectivity index (χ4n) is 2.29. The normalized spacial score (nSPS) is 21.1. The Kier molecular flexibility index (Phi) is 5.01. The maximum Gasteiger partial charge on any atom is 0.407 e. The van der Waals surface area contributed by atoms with Crippen LogP contribution in [0.5, 0.6) is 0 Å². The van der Waals surface area contributed by atoms with Crippen molar-refractivity contribution in [2.75, 3.05) is 0 Å². The molecule has 0 atom stereocenters. The lowest BCUT2D eigenvalue weighted by Gasteiger charge is -2.36. The monoisotopic (exact) mass is 312 g/mol. The van der Waals surface area contributed by atoms with Crippen LogP contribution in [0, 0.1) is 11.6 Å². The highest BCUT2D eigenvalue weighted by Crippen LogP contribution is 2.21. The third kappa shape index (κ3) is 4.94. The Labute approximate surface area is 129 Å². The van der Waals surface area contributed by atoms with Gasteiger partial charge in [-0.1, -0.05) is 6.07 Å². The first-order valence-corrected chi connectivity index (χ1v) is 7.40. The Bertz CT molecular complexity index is 537. The minimum absolute atomic E-state index is 0.0947. The molecule has 1 fully saturated rings. The van der Waals surface area contributed by atoms with Crippen LogP contribution in [0.1, 0.15) is 39.2 Å². The third-order valence-corrected chi connectivity index (χ3v) is 3.44. The Morgan fingerprint density at radius 2 is 1.91 bits per heavy atom. The fraction of sp³-hybridized carbons (Fsp3) is 0.562. The summed E-state index contributed by atoms with van der Waals surface area (Å²) in [5.74, 6) is -1.67. The molecule has 1 aromatic carbocycles. The minimum Gasteiger partial charge on any atom is -0.444 e. The first-order valence-electron chi connectivity index (χ1n) is 7.40. The third-order valence-electron chi connectivity index (χ3n) is 3.44. The summed E-state index contributed by atoms with van der Waals surface area (Å²) in [7, 11) is 0. The summed E-state index contributed by atoms with van der Waals surface area (Å²) in [6.45, 7) is 5.93. The van der Waals surface area contributed by atoms with E-state index in [1.165, 1.54) is 6.07 Å². The maximum atomic E-state index is 13.1. The first kappa shape index (κ1) is 16.7. The van der Waals surface area contributed by atoms with Crippen LogP contribution < -0.4 is 10.6 Å². The molecule has 0 spiro atoms. The van der Waals surface area contributed by atoms with Crippen LogP contribution in [0.3, 0.4) is 0 Å². The lowest BCUT2D eigenvalue weighted by atomic mass is 9.87. The molecule has 0 unspecified atom stereocenters. The van der Waals surface area contributed by atoms with E-state index in [0.29, 0.717) is 12.1 Å². The lowest BCUT2D eigenvalue weighted by molar-refractivity contribution is 0.0465. The summed E-state index contributed by atoms with van der Waals surface area (Å²) >= 11 is 0. The summed E-state index contributed by atoms with van der Waals surface area (Å²) in [6, 6.07) is 4.23. The molecule has 4 nitrogen and oxygen atoms in total. The maximum absolute atomic E-state index is 13.1. The van der Waals surface area contributed by atoms with Crippen LogP contribution in [-0.4, -0.2) is 23.8 Å². The van der Waals surface area contributed by atoms with Crippen molar-refractivity contribution >= 4 is 6.09 Å². The molecule has 0 saturated heterocycles. The van der Waals surface area contributed by atoms with Gasteiger partial charge in [0.1, 0.15) is 5.60 Å². The first-order chi connectivity index (χ1) is 10.2. The highest BCUT2D eigenvalue weighted by Gasteiger charge is 2.31. The molecule has 122 valence electrons. The Morgan fingerprint density at radius 1 is 1.23 bits per heavy atom. The smallest absolute Gasteiger partial charge is 0.407 e. The molecule has 1 saturated carbocycles. The van der Waals surface area contributed by atoms with E-state index in [1.54, 1.807) is 6.07 Å². The number of carbonyl (C=O) groups excluding carboxylic acids is 1. The molecular formula is C16H22F2N2O2. The highest BCUT2D eigenvalue weighted by atomic mass is 19.2. The van der Waals surface area contributed by atoms with Gasteiger partial charge in [-0.15, -0.1) is 0 Å². The predicted octanol–water partition coefficient (Wildman–Crippen LogP) is 3.11. The second-order valence-corrected chi connectivity index (χ2v) is 6.64. The van der Waals surface area contributed by atoms with Crippen molar-refractivity contribution in [2.24, 2.45) is 0 Å². The van der Waals surface area contributed by atoms with E-state index >= 15 is 0 Å². The van der Waals surface area contributed by atoms with Crippen molar-refractivity contribution in [3.63, 3.8) is 0 Å². The summed E-state index contributed by atoms with van der Waals surface area (Å²) in [6.07, 6.45) is 1.18. The van der Waals surface area contributed by atoms with E-state index in [9.17, 15) is 13.6 Å². The highest BCUT2D eigenvalue weighted by molar-refractivity contribution is 5.68. The Hall–Kier alpha value is -1.69. The Balaban J connectivity index is 1.67. The zero-order chi connectivity index (χ0) is 16.3. The number of hydrogen-bond donors (Lipinski definition) is 2. The number of rotatable bonds is 4. The van der Waals surface area contributed by atoms with Gasteiger partial charge >= 0.3 is 6.09 Å². The van der Waals surface area contributed by atoms with Gasteiger partial charge in [0.15, 0.2) is 11.6 Å². The number of ether oxygens (including phenoxy) is 1. The van der Waals surface area contributed by atoms with Gasteiger partial charge in [0.2, 0.25) is 0 Å². The zero-order valence-corrected chi connectivity index (χ0v) is 13.1. The molecule has 1 aliphatic carbocycles. The van der Waals surface area contributed by atoms with Crippen molar-refractivity contribution in [3.8, 4) is 0 Å². The molecule has 1 aromatic rings. The molecular weight excluding hydrogens is 290 g/mol.